The Morgan fingerprint density at radius 3 is 2.45 bits per heavy atom. The second-order valence-electron chi connectivity index (χ2n) is 9.78. The summed E-state index contributed by atoms with van der Waals surface area (Å²) < 4.78 is 67.4. The van der Waals surface area contributed by atoms with Crippen molar-refractivity contribution in [2.24, 2.45) is 0 Å². The second kappa shape index (κ2) is 12.7. The highest BCUT2D eigenvalue weighted by Gasteiger charge is 2.30. The number of aliphatic hydroxyl groups excluding tert-OH is 1. The van der Waals surface area contributed by atoms with Gasteiger partial charge in [-0.05, 0) is 30.7 Å². The number of nitrogens with one attached hydrogen (secondary N) is 3. The van der Waals surface area contributed by atoms with Crippen LogP contribution in [0.4, 0.5) is 33.3 Å². The Labute approximate surface area is 232 Å². The predicted molar refractivity (Wildman–Crippen MR) is 139 cm³/mol. The zero-order valence-corrected chi connectivity index (χ0v) is 22.1. The van der Waals surface area contributed by atoms with Gasteiger partial charge in [-0.2, -0.15) is 13.2 Å². The minimum Gasteiger partial charge on any atom is -0.392 e. The van der Waals surface area contributed by atoms with E-state index in [2.05, 4.69) is 16.0 Å². The molecule has 2 fully saturated rings. The summed E-state index contributed by atoms with van der Waals surface area (Å²) in [4.78, 5) is 28.7. The molecule has 2 aromatic rings. The molecule has 0 spiro atoms. The maximum atomic E-state index is 14.9. The van der Waals surface area contributed by atoms with Gasteiger partial charge in [0, 0.05) is 56.4 Å². The molecule has 0 saturated carbocycles. The summed E-state index contributed by atoms with van der Waals surface area (Å²) in [6.45, 7) is 1.32. The number of β-amino-alcohol motifs (C(OH)–C–C–N with tert-alkyl or cyclic N) is 1. The Hall–Kier alpha value is -3.00. The third-order valence-electron chi connectivity index (χ3n) is 6.92. The van der Waals surface area contributed by atoms with Crippen LogP contribution < -0.4 is 20.9 Å². The fourth-order valence-electron chi connectivity index (χ4n) is 4.68. The predicted octanol–water partition coefficient (Wildman–Crippen LogP) is 3.28. The minimum atomic E-state index is -4.24. The number of hydrogen-bond donors (Lipinski definition) is 4. The number of carbonyl (C=O) groups excluding carboxylic acids is 2. The number of nitrogens with zero attached hydrogens (tertiary/aromatic N) is 2. The highest BCUT2D eigenvalue weighted by atomic mass is 35.5. The summed E-state index contributed by atoms with van der Waals surface area (Å²) in [5.74, 6) is -4.04. The number of benzene rings is 2. The number of amides is 2. The van der Waals surface area contributed by atoms with Crippen molar-refractivity contribution in [1.82, 2.24) is 15.5 Å². The van der Waals surface area contributed by atoms with Crippen LogP contribution in [0.1, 0.15) is 28.8 Å². The van der Waals surface area contributed by atoms with Crippen molar-refractivity contribution < 1.29 is 36.6 Å². The van der Waals surface area contributed by atoms with Crippen molar-refractivity contribution in [2.75, 3.05) is 49.5 Å². The third kappa shape index (κ3) is 7.59. The van der Waals surface area contributed by atoms with Gasteiger partial charge in [0.15, 0.2) is 11.6 Å². The van der Waals surface area contributed by atoms with Gasteiger partial charge in [0.1, 0.15) is 0 Å². The molecule has 2 amide bonds. The van der Waals surface area contributed by atoms with Gasteiger partial charge in [-0.3, -0.25) is 14.5 Å². The molecule has 0 bridgehead atoms. The Morgan fingerprint density at radius 1 is 1.07 bits per heavy atom. The van der Waals surface area contributed by atoms with Crippen molar-refractivity contribution in [1.29, 1.82) is 0 Å². The lowest BCUT2D eigenvalue weighted by molar-refractivity contribution is -0.138. The fourth-order valence-corrected chi connectivity index (χ4v) is 4.85. The number of aliphatic hydroxyl groups is 1. The average molecular weight is 590 g/mol. The van der Waals surface area contributed by atoms with Crippen molar-refractivity contribution in [3.63, 3.8) is 0 Å². The highest BCUT2D eigenvalue weighted by molar-refractivity contribution is 6.31. The molecule has 218 valence electrons. The van der Waals surface area contributed by atoms with Crippen LogP contribution in [0.3, 0.4) is 0 Å². The molecule has 2 aliphatic rings. The van der Waals surface area contributed by atoms with Crippen LogP contribution in [0.5, 0.6) is 0 Å². The standard InChI is InChI=1S/C26H29ClF5N5O3/c27-16-2-4-19(21(11-16)37-9-7-36(8-10-37)6-5-26(30,31)32)35-24(39)18-3-1-15(22(28)23(18)29)13-34-25(40)20-12-17(38)14-33-20/h1-4,11,17,20,33,38H,5-10,12-14H2,(H,34,40)(H,35,39)/t17-,20+/m1/s1. The lowest BCUT2D eigenvalue weighted by Crippen LogP contribution is -2.47. The zero-order chi connectivity index (χ0) is 29.0. The molecule has 2 heterocycles. The summed E-state index contributed by atoms with van der Waals surface area (Å²) in [5, 5.41) is 17.8. The largest absolute Gasteiger partial charge is 0.392 e. The van der Waals surface area contributed by atoms with Gasteiger partial charge in [0.25, 0.3) is 5.91 Å². The van der Waals surface area contributed by atoms with Gasteiger partial charge >= 0.3 is 6.18 Å². The number of carbonyl (C=O) groups is 2. The lowest BCUT2D eigenvalue weighted by atomic mass is 10.1. The van der Waals surface area contributed by atoms with Gasteiger partial charge in [-0.15, -0.1) is 0 Å². The molecule has 2 saturated heterocycles. The van der Waals surface area contributed by atoms with E-state index in [0.29, 0.717) is 36.9 Å². The minimum absolute atomic E-state index is 0.110. The van der Waals surface area contributed by atoms with Gasteiger partial charge in [-0.25, -0.2) is 8.78 Å². The van der Waals surface area contributed by atoms with E-state index in [0.717, 1.165) is 6.07 Å². The molecule has 4 rings (SSSR count). The van der Waals surface area contributed by atoms with Gasteiger partial charge in [0.2, 0.25) is 5.91 Å². The molecule has 0 aromatic heterocycles. The molecule has 0 radical (unpaired) electrons. The Kier molecular flexibility index (Phi) is 9.49. The summed E-state index contributed by atoms with van der Waals surface area (Å²) >= 11 is 6.15. The first-order valence-electron chi connectivity index (χ1n) is 12.7. The van der Waals surface area contributed by atoms with Crippen LogP contribution in [0, 0.1) is 11.6 Å². The number of anilines is 2. The van der Waals surface area contributed by atoms with E-state index in [1.807, 2.05) is 4.90 Å². The lowest BCUT2D eigenvalue weighted by Gasteiger charge is -2.37. The smallest absolute Gasteiger partial charge is 0.390 e. The maximum Gasteiger partial charge on any atom is 0.390 e. The van der Waals surface area contributed by atoms with Gasteiger partial charge in [-0.1, -0.05) is 17.7 Å². The molecule has 4 N–H and O–H groups in total. The number of piperazine rings is 1. The van der Waals surface area contributed by atoms with E-state index in [-0.39, 0.29) is 37.3 Å². The summed E-state index contributed by atoms with van der Waals surface area (Å²) in [6.07, 6.45) is -5.58. The first-order chi connectivity index (χ1) is 18.9. The number of hydrogen-bond acceptors (Lipinski definition) is 6. The Balaban J connectivity index is 1.40. The number of halogens is 6. The van der Waals surface area contributed by atoms with Gasteiger partial charge < -0.3 is 26.0 Å². The summed E-state index contributed by atoms with van der Waals surface area (Å²) in [6, 6.07) is 6.29. The van der Waals surface area contributed by atoms with Crippen LogP contribution in [0.2, 0.25) is 5.02 Å². The molecule has 14 heteroatoms. The SMILES string of the molecule is O=C(Nc1ccc(Cl)cc1N1CCN(CCC(F)(F)F)CC1)c1ccc(CNC(=O)[C@@H]2C[C@@H](O)CN2)c(F)c1F. The molecular formula is C26H29ClF5N5O3. The molecular weight excluding hydrogens is 561 g/mol. The number of alkyl halides is 3. The van der Waals surface area contributed by atoms with Crippen molar-refractivity contribution in [3.05, 3.63) is 58.1 Å². The maximum absolute atomic E-state index is 14.9. The van der Waals surface area contributed by atoms with Gasteiger partial charge in [0.05, 0.1) is 35.5 Å². The van der Waals surface area contributed by atoms with E-state index < -0.39 is 53.8 Å². The molecule has 8 nitrogen and oxygen atoms in total. The Morgan fingerprint density at radius 2 is 1.80 bits per heavy atom. The highest BCUT2D eigenvalue weighted by Crippen LogP contribution is 2.31. The van der Waals surface area contributed by atoms with Crippen LogP contribution in [-0.4, -0.2) is 79.4 Å². The van der Waals surface area contributed by atoms with E-state index in [9.17, 15) is 36.6 Å². The molecule has 0 aliphatic carbocycles. The van der Waals surface area contributed by atoms with Crippen LogP contribution in [-0.2, 0) is 11.3 Å². The quantitative estimate of drug-likeness (QED) is 0.353. The average Bonchev–Trinajstić information content (AvgIpc) is 3.35. The van der Waals surface area contributed by atoms with Crippen LogP contribution in [0.25, 0.3) is 0 Å². The third-order valence-corrected chi connectivity index (χ3v) is 7.15. The second-order valence-corrected chi connectivity index (χ2v) is 10.2. The molecule has 0 unspecified atom stereocenters. The van der Waals surface area contributed by atoms with Crippen molar-refractivity contribution >= 4 is 34.8 Å². The van der Waals surface area contributed by atoms with Crippen molar-refractivity contribution in [3.8, 4) is 0 Å². The van der Waals surface area contributed by atoms with E-state index >= 15 is 0 Å². The molecule has 2 atom stereocenters. The van der Waals surface area contributed by atoms with Crippen LogP contribution >= 0.6 is 11.6 Å². The monoisotopic (exact) mass is 589 g/mol. The van der Waals surface area contributed by atoms with Crippen molar-refractivity contribution in [2.45, 2.75) is 37.7 Å². The molecule has 2 aromatic carbocycles. The van der Waals surface area contributed by atoms with Crippen LogP contribution in [0.15, 0.2) is 30.3 Å². The van der Waals surface area contributed by atoms with E-state index in [1.165, 1.54) is 18.2 Å². The first kappa shape index (κ1) is 30.0. The fraction of sp³-hybridized carbons (Fsp3) is 0.462. The van der Waals surface area contributed by atoms with E-state index in [1.54, 1.807) is 11.0 Å². The molecule has 40 heavy (non-hydrogen) atoms. The zero-order valence-electron chi connectivity index (χ0n) is 21.3. The van der Waals surface area contributed by atoms with E-state index in [4.69, 9.17) is 11.6 Å². The first-order valence-corrected chi connectivity index (χ1v) is 13.1. The summed E-state index contributed by atoms with van der Waals surface area (Å²) in [5.41, 5.74) is 0.0743. The summed E-state index contributed by atoms with van der Waals surface area (Å²) in [7, 11) is 0. The topological polar surface area (TPSA) is 96.9 Å². The normalized spacial score (nSPS) is 20.0. The molecule has 2 aliphatic heterocycles. The Bertz CT molecular complexity index is 1240. The number of rotatable bonds is 8.